The molecule has 2 aromatic rings. The third kappa shape index (κ3) is 3.78. The molecule has 2 amide bonds. The summed E-state index contributed by atoms with van der Waals surface area (Å²) in [7, 11) is 0. The first-order valence-corrected chi connectivity index (χ1v) is 9.09. The minimum atomic E-state index is -0.0756. The zero-order chi connectivity index (χ0) is 17.1. The van der Waals surface area contributed by atoms with Crippen molar-refractivity contribution in [3.8, 4) is 5.75 Å². The van der Waals surface area contributed by atoms with Gasteiger partial charge in [-0.3, -0.25) is 5.10 Å². The lowest BCUT2D eigenvalue weighted by atomic mass is 9.98. The Morgan fingerprint density at radius 2 is 2.16 bits per heavy atom. The number of piperidine rings is 1. The second-order valence-corrected chi connectivity index (χ2v) is 6.92. The fraction of sp³-hybridized carbons (Fsp3) is 0.474. The number of anilines is 1. The van der Waals surface area contributed by atoms with Gasteiger partial charge in [0.1, 0.15) is 5.75 Å². The van der Waals surface area contributed by atoms with E-state index in [-0.39, 0.29) is 12.1 Å². The summed E-state index contributed by atoms with van der Waals surface area (Å²) in [4.78, 5) is 14.8. The summed E-state index contributed by atoms with van der Waals surface area (Å²) >= 11 is 0. The van der Waals surface area contributed by atoms with E-state index in [2.05, 4.69) is 15.5 Å². The monoisotopic (exact) mass is 340 g/mol. The van der Waals surface area contributed by atoms with Gasteiger partial charge in [-0.2, -0.15) is 5.10 Å². The number of amides is 2. The fourth-order valence-electron chi connectivity index (χ4n) is 3.34. The largest absolute Gasteiger partial charge is 0.491 e. The molecule has 25 heavy (non-hydrogen) atoms. The Bertz CT molecular complexity index is 712. The number of carbonyl (C=O) groups excluding carboxylic acids is 1. The van der Waals surface area contributed by atoms with Gasteiger partial charge in [0.2, 0.25) is 0 Å². The number of hydrogen-bond donors (Lipinski definition) is 2. The number of benzene rings is 1. The van der Waals surface area contributed by atoms with Crippen LogP contribution in [0, 0.1) is 5.92 Å². The van der Waals surface area contributed by atoms with Crippen molar-refractivity contribution in [3.05, 3.63) is 42.2 Å². The number of aromatic nitrogens is 2. The first-order valence-electron chi connectivity index (χ1n) is 9.09. The van der Waals surface area contributed by atoms with Crippen molar-refractivity contribution in [1.82, 2.24) is 15.1 Å². The molecule has 1 atom stereocenters. The van der Waals surface area contributed by atoms with E-state index in [4.69, 9.17) is 4.74 Å². The Hall–Kier alpha value is -2.50. The topological polar surface area (TPSA) is 70.2 Å². The lowest BCUT2D eigenvalue weighted by Crippen LogP contribution is -2.41. The van der Waals surface area contributed by atoms with Crippen molar-refractivity contribution in [2.24, 2.45) is 5.92 Å². The van der Waals surface area contributed by atoms with E-state index in [0.717, 1.165) is 49.4 Å². The predicted molar refractivity (Wildman–Crippen MR) is 95.6 cm³/mol. The smallest absolute Gasteiger partial charge is 0.322 e. The number of nitrogens with zero attached hydrogens (tertiary/aromatic N) is 2. The van der Waals surface area contributed by atoms with Crippen molar-refractivity contribution < 1.29 is 9.53 Å². The number of aromatic amines is 1. The molecule has 6 heteroatoms. The van der Waals surface area contributed by atoms with Crippen LogP contribution < -0.4 is 10.1 Å². The maximum atomic E-state index is 12.9. The molecular weight excluding hydrogens is 316 g/mol. The summed E-state index contributed by atoms with van der Waals surface area (Å²) < 4.78 is 5.90. The number of para-hydroxylation sites is 2. The Morgan fingerprint density at radius 3 is 2.96 bits per heavy atom. The van der Waals surface area contributed by atoms with E-state index in [1.165, 1.54) is 12.8 Å². The average Bonchev–Trinajstić information content (AvgIpc) is 3.32. The molecule has 132 valence electrons. The lowest BCUT2D eigenvalue weighted by molar-refractivity contribution is 0.163. The summed E-state index contributed by atoms with van der Waals surface area (Å²) in [6.07, 6.45) is 9.30. The third-order valence-corrected chi connectivity index (χ3v) is 4.97. The van der Waals surface area contributed by atoms with Gasteiger partial charge in [-0.05, 0) is 50.2 Å². The number of urea groups is 1. The third-order valence-electron chi connectivity index (χ3n) is 4.97. The molecule has 4 rings (SSSR count). The molecule has 0 radical (unpaired) electrons. The van der Waals surface area contributed by atoms with Gasteiger partial charge in [0.15, 0.2) is 0 Å². The Kier molecular flexibility index (Phi) is 4.59. The molecule has 2 heterocycles. The lowest BCUT2D eigenvalue weighted by Gasteiger charge is -2.35. The minimum absolute atomic E-state index is 0.0756. The summed E-state index contributed by atoms with van der Waals surface area (Å²) in [5.74, 6) is 1.43. The van der Waals surface area contributed by atoms with Crippen molar-refractivity contribution in [2.45, 2.75) is 38.1 Å². The first-order chi connectivity index (χ1) is 12.3. The highest BCUT2D eigenvalue weighted by Crippen LogP contribution is 2.33. The van der Waals surface area contributed by atoms with Gasteiger partial charge >= 0.3 is 6.03 Å². The minimum Gasteiger partial charge on any atom is -0.491 e. The van der Waals surface area contributed by atoms with Crippen molar-refractivity contribution in [1.29, 1.82) is 0 Å². The van der Waals surface area contributed by atoms with Gasteiger partial charge in [0, 0.05) is 18.3 Å². The normalized spacial score (nSPS) is 20.3. The highest BCUT2D eigenvalue weighted by atomic mass is 16.5. The second-order valence-electron chi connectivity index (χ2n) is 6.92. The van der Waals surface area contributed by atoms with Gasteiger partial charge in [0.05, 0.1) is 24.5 Å². The van der Waals surface area contributed by atoms with Gasteiger partial charge in [0.25, 0.3) is 0 Å². The van der Waals surface area contributed by atoms with Crippen LogP contribution in [0.25, 0.3) is 0 Å². The van der Waals surface area contributed by atoms with Gasteiger partial charge in [-0.1, -0.05) is 12.1 Å². The molecule has 0 spiro atoms. The molecule has 1 aliphatic carbocycles. The average molecular weight is 340 g/mol. The standard InChI is InChI=1S/C19H24N4O2/c24-19(23-10-4-3-6-17(23)15-11-20-21-12-15)22-16-5-1-2-7-18(16)25-13-14-8-9-14/h1-2,5,7,11-12,14,17H,3-4,6,8-10,13H2,(H,20,21)(H,22,24). The van der Waals surface area contributed by atoms with E-state index in [1.807, 2.05) is 41.6 Å². The number of ether oxygens (including phenoxy) is 1. The van der Waals surface area contributed by atoms with E-state index in [0.29, 0.717) is 5.92 Å². The molecule has 0 bridgehead atoms. The van der Waals surface area contributed by atoms with Crippen LogP contribution in [0.2, 0.25) is 0 Å². The number of rotatable bonds is 5. The summed E-state index contributed by atoms with van der Waals surface area (Å²) in [6, 6.07) is 7.68. The Labute approximate surface area is 147 Å². The fourth-order valence-corrected chi connectivity index (χ4v) is 3.34. The van der Waals surface area contributed by atoms with Crippen LogP contribution in [-0.2, 0) is 0 Å². The van der Waals surface area contributed by atoms with Crippen molar-refractivity contribution in [3.63, 3.8) is 0 Å². The van der Waals surface area contributed by atoms with Crippen LogP contribution in [0.4, 0.5) is 10.5 Å². The van der Waals surface area contributed by atoms with Crippen LogP contribution in [0.3, 0.4) is 0 Å². The highest BCUT2D eigenvalue weighted by molar-refractivity contribution is 5.91. The Morgan fingerprint density at radius 1 is 1.28 bits per heavy atom. The maximum absolute atomic E-state index is 12.9. The summed E-state index contributed by atoms with van der Waals surface area (Å²) in [5, 5.41) is 9.93. The summed E-state index contributed by atoms with van der Waals surface area (Å²) in [6.45, 7) is 1.49. The molecule has 2 N–H and O–H groups in total. The predicted octanol–water partition coefficient (Wildman–Crippen LogP) is 3.96. The number of likely N-dealkylation sites (tertiary alicyclic amines) is 1. The molecule has 1 aromatic carbocycles. The molecule has 1 aromatic heterocycles. The highest BCUT2D eigenvalue weighted by Gasteiger charge is 2.29. The van der Waals surface area contributed by atoms with E-state index in [1.54, 1.807) is 0 Å². The maximum Gasteiger partial charge on any atom is 0.322 e. The van der Waals surface area contributed by atoms with Gasteiger partial charge in [-0.25, -0.2) is 4.79 Å². The quantitative estimate of drug-likeness (QED) is 0.865. The molecule has 1 saturated heterocycles. The van der Waals surface area contributed by atoms with E-state index >= 15 is 0 Å². The van der Waals surface area contributed by atoms with E-state index in [9.17, 15) is 4.79 Å². The Balaban J connectivity index is 1.47. The molecule has 6 nitrogen and oxygen atoms in total. The zero-order valence-corrected chi connectivity index (χ0v) is 14.3. The molecule has 1 saturated carbocycles. The number of nitrogens with one attached hydrogen (secondary N) is 2. The van der Waals surface area contributed by atoms with E-state index < -0.39 is 0 Å². The van der Waals surface area contributed by atoms with Crippen LogP contribution in [-0.4, -0.2) is 34.3 Å². The molecule has 1 aliphatic heterocycles. The van der Waals surface area contributed by atoms with Gasteiger partial charge in [-0.15, -0.1) is 0 Å². The first kappa shape index (κ1) is 16.0. The molecular formula is C19H24N4O2. The van der Waals surface area contributed by atoms with Crippen LogP contribution in [0.15, 0.2) is 36.7 Å². The molecule has 2 aliphatic rings. The van der Waals surface area contributed by atoms with Crippen LogP contribution >= 0.6 is 0 Å². The number of H-pyrrole nitrogens is 1. The van der Waals surface area contributed by atoms with Crippen molar-refractivity contribution >= 4 is 11.7 Å². The molecule has 2 fully saturated rings. The van der Waals surface area contributed by atoms with Crippen molar-refractivity contribution in [2.75, 3.05) is 18.5 Å². The van der Waals surface area contributed by atoms with Crippen LogP contribution in [0.1, 0.15) is 43.7 Å². The zero-order valence-electron chi connectivity index (χ0n) is 14.3. The second kappa shape index (κ2) is 7.17. The molecule has 1 unspecified atom stereocenters. The number of carbonyl (C=O) groups is 1. The number of hydrogen-bond acceptors (Lipinski definition) is 3. The SMILES string of the molecule is O=C(Nc1ccccc1OCC1CC1)N1CCCCC1c1cn[nH]c1. The summed E-state index contributed by atoms with van der Waals surface area (Å²) in [5.41, 5.74) is 1.80. The van der Waals surface area contributed by atoms with Gasteiger partial charge < -0.3 is 15.0 Å². The van der Waals surface area contributed by atoms with Crippen LogP contribution in [0.5, 0.6) is 5.75 Å².